The highest BCUT2D eigenvalue weighted by Gasteiger charge is 2.34. The van der Waals surface area contributed by atoms with E-state index in [0.717, 1.165) is 23.2 Å². The Morgan fingerprint density at radius 3 is 2.44 bits per heavy atom. The number of nitrogens with one attached hydrogen (secondary N) is 1. The predicted octanol–water partition coefficient (Wildman–Crippen LogP) is 4.07. The second kappa shape index (κ2) is 9.99. The van der Waals surface area contributed by atoms with Crippen molar-refractivity contribution in [3.05, 3.63) is 45.4 Å². The van der Waals surface area contributed by atoms with Gasteiger partial charge in [0, 0.05) is 32.6 Å². The number of rotatable bonds is 6. The molecule has 0 unspecified atom stereocenters. The maximum absolute atomic E-state index is 13.1. The van der Waals surface area contributed by atoms with Gasteiger partial charge in [0.1, 0.15) is 4.88 Å². The van der Waals surface area contributed by atoms with Crippen LogP contribution in [0.4, 0.5) is 18.9 Å². The van der Waals surface area contributed by atoms with Gasteiger partial charge in [-0.05, 0) is 25.0 Å². The van der Waals surface area contributed by atoms with E-state index in [1.165, 1.54) is 29.5 Å². The molecule has 1 N–H and O–H groups in total. The number of carbonyl (C=O) groups is 2. The Labute approximate surface area is 189 Å². The minimum atomic E-state index is -4.54. The van der Waals surface area contributed by atoms with E-state index in [4.69, 9.17) is 0 Å². The van der Waals surface area contributed by atoms with Crippen LogP contribution in [-0.4, -0.2) is 59.3 Å². The van der Waals surface area contributed by atoms with E-state index in [2.05, 4.69) is 24.1 Å². The van der Waals surface area contributed by atoms with Gasteiger partial charge in [0.2, 0.25) is 5.91 Å². The smallest absolute Gasteiger partial charge is 0.335 e. The predicted molar refractivity (Wildman–Crippen MR) is 118 cm³/mol. The highest BCUT2D eigenvalue weighted by atomic mass is 32.1. The van der Waals surface area contributed by atoms with Crippen molar-refractivity contribution in [3.63, 3.8) is 0 Å². The second-order valence-electron chi connectivity index (χ2n) is 8.28. The van der Waals surface area contributed by atoms with Gasteiger partial charge in [-0.2, -0.15) is 13.2 Å². The maximum atomic E-state index is 13.1. The van der Waals surface area contributed by atoms with E-state index in [1.807, 2.05) is 11.8 Å². The summed E-state index contributed by atoms with van der Waals surface area (Å²) >= 11 is 1.43. The van der Waals surface area contributed by atoms with Crippen LogP contribution in [0.5, 0.6) is 0 Å². The summed E-state index contributed by atoms with van der Waals surface area (Å²) in [4.78, 5) is 34.0. The topological polar surface area (TPSA) is 65.5 Å². The number of piperazine rings is 1. The first-order valence-electron chi connectivity index (χ1n) is 10.5. The number of benzene rings is 1. The molecule has 3 rings (SSSR count). The third kappa shape index (κ3) is 6.07. The Hall–Kier alpha value is -2.46. The molecule has 6 nitrogen and oxygen atoms in total. The van der Waals surface area contributed by atoms with Crippen LogP contribution in [0.3, 0.4) is 0 Å². The Bertz CT molecular complexity index is 966. The largest absolute Gasteiger partial charge is 0.418 e. The van der Waals surface area contributed by atoms with Crippen molar-refractivity contribution >= 4 is 28.8 Å². The number of hydrogen-bond acceptors (Lipinski definition) is 5. The number of aryl methyl sites for hydroxylation is 1. The summed E-state index contributed by atoms with van der Waals surface area (Å²) in [5.41, 5.74) is -0.391. The molecule has 0 aliphatic carbocycles. The minimum Gasteiger partial charge on any atom is -0.335 e. The van der Waals surface area contributed by atoms with Gasteiger partial charge in [-0.3, -0.25) is 14.5 Å². The molecule has 32 heavy (non-hydrogen) atoms. The van der Waals surface area contributed by atoms with Gasteiger partial charge in [-0.1, -0.05) is 26.0 Å². The third-order valence-corrected chi connectivity index (χ3v) is 6.32. The summed E-state index contributed by atoms with van der Waals surface area (Å²) in [7, 11) is 0. The first-order chi connectivity index (χ1) is 15.0. The van der Waals surface area contributed by atoms with Crippen LogP contribution in [0, 0.1) is 12.8 Å². The van der Waals surface area contributed by atoms with Gasteiger partial charge in [0.05, 0.1) is 28.5 Å². The lowest BCUT2D eigenvalue weighted by Crippen LogP contribution is -2.50. The van der Waals surface area contributed by atoms with Crippen molar-refractivity contribution in [1.29, 1.82) is 0 Å². The molecule has 1 aromatic carbocycles. The molecule has 1 aliphatic rings. The quantitative estimate of drug-likeness (QED) is 0.694. The summed E-state index contributed by atoms with van der Waals surface area (Å²) < 4.78 is 39.3. The molecule has 0 spiro atoms. The first-order valence-corrected chi connectivity index (χ1v) is 11.3. The van der Waals surface area contributed by atoms with Crippen molar-refractivity contribution in [1.82, 2.24) is 14.8 Å². The molecule has 1 saturated heterocycles. The van der Waals surface area contributed by atoms with Gasteiger partial charge < -0.3 is 10.2 Å². The first kappa shape index (κ1) is 24.2. The van der Waals surface area contributed by atoms with E-state index in [1.54, 1.807) is 4.90 Å². The Balaban J connectivity index is 1.54. The number of hydrogen-bond donors (Lipinski definition) is 1. The maximum Gasteiger partial charge on any atom is 0.418 e. The zero-order valence-corrected chi connectivity index (χ0v) is 19.1. The summed E-state index contributed by atoms with van der Waals surface area (Å²) in [5.74, 6) is -0.113. The van der Waals surface area contributed by atoms with Crippen LogP contribution in [0.25, 0.3) is 0 Å². The van der Waals surface area contributed by atoms with Crippen molar-refractivity contribution in [3.8, 4) is 0 Å². The van der Waals surface area contributed by atoms with Crippen molar-refractivity contribution in [2.75, 3.05) is 38.0 Å². The van der Waals surface area contributed by atoms with Gasteiger partial charge in [0.15, 0.2) is 0 Å². The lowest BCUT2D eigenvalue weighted by atomic mass is 10.1. The molecule has 2 amide bonds. The van der Waals surface area contributed by atoms with Crippen molar-refractivity contribution in [2.24, 2.45) is 5.92 Å². The lowest BCUT2D eigenvalue weighted by molar-refractivity contribution is -0.137. The van der Waals surface area contributed by atoms with Crippen LogP contribution in [0.15, 0.2) is 24.3 Å². The number of para-hydroxylation sites is 1. The lowest BCUT2D eigenvalue weighted by Gasteiger charge is -2.34. The monoisotopic (exact) mass is 468 g/mol. The Morgan fingerprint density at radius 2 is 1.81 bits per heavy atom. The van der Waals surface area contributed by atoms with E-state index in [-0.39, 0.29) is 18.1 Å². The van der Waals surface area contributed by atoms with Crippen LogP contribution < -0.4 is 5.32 Å². The number of carbonyl (C=O) groups excluding carboxylic acids is 2. The zero-order chi connectivity index (χ0) is 23.5. The minimum absolute atomic E-state index is 0.0354. The number of halogens is 3. The third-order valence-electron chi connectivity index (χ3n) is 5.15. The number of anilines is 1. The van der Waals surface area contributed by atoms with E-state index >= 15 is 0 Å². The molecular formula is C22H27F3N4O2S. The van der Waals surface area contributed by atoms with E-state index in [0.29, 0.717) is 37.0 Å². The van der Waals surface area contributed by atoms with Gasteiger partial charge in [0.25, 0.3) is 5.91 Å². The fourth-order valence-electron chi connectivity index (χ4n) is 3.57. The summed E-state index contributed by atoms with van der Waals surface area (Å²) in [6.07, 6.45) is -3.71. The molecule has 0 saturated carbocycles. The molecule has 0 radical (unpaired) electrons. The number of amides is 2. The summed E-state index contributed by atoms with van der Waals surface area (Å²) in [6, 6.07) is 4.91. The molecule has 0 atom stereocenters. The SMILES string of the molecule is Cc1nc(CC(C)C)sc1C(=O)N1CCN(CC(=O)Nc2ccccc2C(F)(F)F)CC1. The highest BCUT2D eigenvalue weighted by molar-refractivity contribution is 7.13. The number of nitrogens with zero attached hydrogens (tertiary/aromatic N) is 3. The van der Waals surface area contributed by atoms with E-state index < -0.39 is 17.6 Å². The van der Waals surface area contributed by atoms with Crippen LogP contribution in [0.2, 0.25) is 0 Å². The average molecular weight is 469 g/mol. The normalized spacial score (nSPS) is 15.3. The second-order valence-corrected chi connectivity index (χ2v) is 9.36. The molecule has 10 heteroatoms. The molecule has 174 valence electrons. The van der Waals surface area contributed by atoms with Gasteiger partial charge in [-0.25, -0.2) is 4.98 Å². The molecule has 1 aromatic heterocycles. The average Bonchev–Trinajstić information content (AvgIpc) is 3.06. The van der Waals surface area contributed by atoms with Crippen LogP contribution >= 0.6 is 11.3 Å². The van der Waals surface area contributed by atoms with Gasteiger partial charge >= 0.3 is 6.18 Å². The molecule has 2 heterocycles. The standard InChI is InChI=1S/C22H27F3N4O2S/c1-14(2)12-19-26-15(3)20(32-19)21(31)29-10-8-28(9-11-29)13-18(30)27-17-7-5-4-6-16(17)22(23,24)25/h4-7,14H,8-13H2,1-3H3,(H,27,30). The Kier molecular flexibility index (Phi) is 7.55. The number of alkyl halides is 3. The molecule has 0 bridgehead atoms. The molecule has 1 fully saturated rings. The molecule has 1 aliphatic heterocycles. The Morgan fingerprint density at radius 1 is 1.16 bits per heavy atom. The fourth-order valence-corrected chi connectivity index (χ4v) is 4.82. The van der Waals surface area contributed by atoms with Crippen LogP contribution in [0.1, 0.15) is 39.8 Å². The van der Waals surface area contributed by atoms with Crippen molar-refractivity contribution in [2.45, 2.75) is 33.4 Å². The van der Waals surface area contributed by atoms with Crippen molar-refractivity contribution < 1.29 is 22.8 Å². The summed E-state index contributed by atoms with van der Waals surface area (Å²) in [6.45, 7) is 7.85. The number of aromatic nitrogens is 1. The molecular weight excluding hydrogens is 441 g/mol. The molecule has 2 aromatic rings. The fraction of sp³-hybridized carbons (Fsp3) is 0.500. The summed E-state index contributed by atoms with van der Waals surface area (Å²) in [5, 5.41) is 3.32. The zero-order valence-electron chi connectivity index (χ0n) is 18.3. The van der Waals surface area contributed by atoms with E-state index in [9.17, 15) is 22.8 Å². The van der Waals surface area contributed by atoms with Crippen LogP contribution in [-0.2, 0) is 17.4 Å². The highest BCUT2D eigenvalue weighted by Crippen LogP contribution is 2.34. The number of thiazole rings is 1. The van der Waals surface area contributed by atoms with Gasteiger partial charge in [-0.15, -0.1) is 11.3 Å².